The second-order valence-corrected chi connectivity index (χ2v) is 18.7. The van der Waals surface area contributed by atoms with Crippen LogP contribution >= 0.6 is 0 Å². The molecule has 1 atom stereocenters. The van der Waals surface area contributed by atoms with Gasteiger partial charge in [-0.25, -0.2) is 0 Å². The monoisotopic (exact) mass is 892 g/mol. The number of hydrogen-bond donors (Lipinski definition) is 3. The van der Waals surface area contributed by atoms with Gasteiger partial charge in [-0.2, -0.15) is 79.0 Å². The fourth-order valence-corrected chi connectivity index (χ4v) is 12.6. The smallest absolute Gasteiger partial charge is 0.375 e. The Bertz CT molecular complexity index is 1180. The highest BCUT2D eigenvalue weighted by Crippen LogP contribution is 2.48. The van der Waals surface area contributed by atoms with Crippen LogP contribution in [0, 0.1) is 0 Å². The van der Waals surface area contributed by atoms with Gasteiger partial charge >= 0.3 is 63.5 Å². The van der Waals surface area contributed by atoms with E-state index < -0.39 is 99.5 Å². The summed E-state index contributed by atoms with van der Waals surface area (Å²) >= 11 is 0. The van der Waals surface area contributed by atoms with Gasteiger partial charge in [-0.3, -0.25) is 0 Å². The molecule has 0 amide bonds. The maximum Gasteiger partial charge on any atom is 0.521 e. The highest BCUT2D eigenvalue weighted by molar-refractivity contribution is 6.85. The Hall–Kier alpha value is -1.79. The quantitative estimate of drug-likeness (QED) is 0.110. The number of aliphatic hydroxyl groups is 3. The molecule has 3 N–H and O–H groups in total. The maximum atomic E-state index is 13.3. The molecular formula is C23H30F18O10Si3. The van der Waals surface area contributed by atoms with E-state index in [0.29, 0.717) is 35.5 Å². The second-order valence-electron chi connectivity index (χ2n) is 10.4. The highest BCUT2D eigenvalue weighted by Gasteiger charge is 2.72. The molecule has 0 saturated heterocycles. The first-order chi connectivity index (χ1) is 23.8. The molecule has 320 valence electrons. The average Bonchev–Trinajstić information content (AvgIpc) is 3.00. The summed E-state index contributed by atoms with van der Waals surface area (Å²) in [6.07, 6.45) is -46.2. The van der Waals surface area contributed by atoms with Gasteiger partial charge in [-0.15, -0.1) is 0 Å². The maximum absolute atomic E-state index is 13.3. The van der Waals surface area contributed by atoms with E-state index in [2.05, 4.69) is 0 Å². The summed E-state index contributed by atoms with van der Waals surface area (Å²) in [7, 11) is -13.5. The van der Waals surface area contributed by atoms with Crippen molar-refractivity contribution in [1.29, 1.82) is 0 Å². The molecule has 0 bridgehead atoms. The lowest BCUT2D eigenvalue weighted by atomic mass is 9.98. The van der Waals surface area contributed by atoms with Gasteiger partial charge < -0.3 is 45.7 Å². The van der Waals surface area contributed by atoms with E-state index in [9.17, 15) is 94.3 Å². The van der Waals surface area contributed by atoms with Crippen LogP contribution in [0.5, 0.6) is 0 Å². The van der Waals surface area contributed by atoms with Crippen molar-refractivity contribution in [2.75, 3.05) is 35.5 Å². The molecule has 0 aromatic rings. The van der Waals surface area contributed by atoms with Crippen LogP contribution in [0.1, 0.15) is 19.3 Å². The van der Waals surface area contributed by atoms with E-state index in [4.69, 9.17) is 30.4 Å². The molecule has 0 radical (unpaired) electrons. The first-order valence-corrected chi connectivity index (χ1v) is 19.0. The van der Waals surface area contributed by atoms with Crippen molar-refractivity contribution in [1.82, 2.24) is 0 Å². The third kappa shape index (κ3) is 11.4. The summed E-state index contributed by atoms with van der Waals surface area (Å²) in [5.41, 5.74) is -16.2. The standard InChI is InChI=1S/C23H30F18O10Si3/c1-45-52(46-2,12-6-9-15(42,18(24,25)26)19(27,28)29)50-54(49-5,14-8-11-17(44,22(36,37)38)23(39,40)41)51-53(47-3,48-4)13-7-10-16(43,20(30,31)32)21(33,34)35/h6-8,12-14,42-44H,9-11H2,1-5H3/b12-6-,13-7+,14-8-. The third-order valence-electron chi connectivity index (χ3n) is 7.01. The average molecular weight is 893 g/mol. The molecule has 10 nitrogen and oxygen atoms in total. The Morgan fingerprint density at radius 2 is 0.519 bits per heavy atom. The van der Waals surface area contributed by atoms with Crippen molar-refractivity contribution in [2.24, 2.45) is 0 Å². The van der Waals surface area contributed by atoms with Gasteiger partial charge in [0.05, 0.1) is 0 Å². The summed E-state index contributed by atoms with van der Waals surface area (Å²) in [5.74, 6) is 0. The fourth-order valence-electron chi connectivity index (χ4n) is 3.61. The molecule has 54 heavy (non-hydrogen) atoms. The normalized spacial score (nSPS) is 17.0. The van der Waals surface area contributed by atoms with E-state index in [1.807, 2.05) is 0 Å². The second kappa shape index (κ2) is 17.4. The first kappa shape index (κ1) is 52.2. The molecular weight excluding hydrogens is 862 g/mol. The Kier molecular flexibility index (Phi) is 16.8. The minimum absolute atomic E-state index is 0.0141. The van der Waals surface area contributed by atoms with Crippen molar-refractivity contribution in [2.45, 2.75) is 73.1 Å². The highest BCUT2D eigenvalue weighted by atomic mass is 28.5. The van der Waals surface area contributed by atoms with Crippen LogP contribution in [0.4, 0.5) is 79.0 Å². The van der Waals surface area contributed by atoms with Crippen molar-refractivity contribution < 1.29 is 125 Å². The Labute approximate surface area is 295 Å². The zero-order chi connectivity index (χ0) is 43.3. The lowest BCUT2D eigenvalue weighted by Crippen LogP contribution is -2.62. The van der Waals surface area contributed by atoms with Crippen LogP contribution in [0.3, 0.4) is 0 Å². The van der Waals surface area contributed by atoms with E-state index >= 15 is 0 Å². The molecule has 1 unspecified atom stereocenters. The molecule has 0 aliphatic rings. The molecule has 0 aliphatic heterocycles. The van der Waals surface area contributed by atoms with Gasteiger partial charge in [0.15, 0.2) is 0 Å². The Morgan fingerprint density at radius 1 is 0.352 bits per heavy atom. The van der Waals surface area contributed by atoms with Crippen LogP contribution in [0.15, 0.2) is 35.3 Å². The molecule has 0 aromatic carbocycles. The van der Waals surface area contributed by atoms with Crippen molar-refractivity contribution >= 4 is 26.4 Å². The summed E-state index contributed by atoms with van der Waals surface area (Å²) in [6.45, 7) is 0. The number of rotatable bonds is 18. The summed E-state index contributed by atoms with van der Waals surface area (Å²) in [6, 6.07) is 0. The van der Waals surface area contributed by atoms with Crippen molar-refractivity contribution in [3.63, 3.8) is 0 Å². The van der Waals surface area contributed by atoms with Crippen LogP contribution in [0.25, 0.3) is 0 Å². The topological polar surface area (TPSA) is 125 Å². The minimum atomic E-state index is -6.48. The Morgan fingerprint density at radius 3 is 0.667 bits per heavy atom. The van der Waals surface area contributed by atoms with Crippen molar-refractivity contribution in [3.05, 3.63) is 35.3 Å². The van der Waals surface area contributed by atoms with E-state index in [1.54, 1.807) is 0 Å². The lowest BCUT2D eigenvalue weighted by Gasteiger charge is -2.38. The van der Waals surface area contributed by atoms with Gasteiger partial charge in [-0.05, 0) is 17.1 Å². The van der Waals surface area contributed by atoms with E-state index in [-0.39, 0.29) is 35.3 Å². The Balaban J connectivity index is 7.63. The largest absolute Gasteiger partial charge is 0.521 e. The van der Waals surface area contributed by atoms with E-state index in [1.165, 1.54) is 0 Å². The SMILES string of the molecule is CO[Si](/C=C\CC(O)(C(F)(F)F)C(F)(F)F)(OC)O[Si](/C=C\CC(O)(C(F)(F)F)C(F)(F)F)(OC)O[Si](/C=C/CC(O)(C(F)(F)F)C(F)(F)F)(OC)OC. The summed E-state index contributed by atoms with van der Waals surface area (Å²) in [4.78, 5) is 0. The molecule has 0 aliphatic carbocycles. The predicted molar refractivity (Wildman–Crippen MR) is 147 cm³/mol. The van der Waals surface area contributed by atoms with Gasteiger partial charge in [0, 0.05) is 54.8 Å². The zero-order valence-corrected chi connectivity index (χ0v) is 30.6. The molecule has 0 rings (SSSR count). The molecule has 0 heterocycles. The van der Waals surface area contributed by atoms with Gasteiger partial charge in [0.1, 0.15) is 0 Å². The summed E-state index contributed by atoms with van der Waals surface area (Å²) in [5, 5.41) is 28.4. The van der Waals surface area contributed by atoms with Gasteiger partial charge in [0.25, 0.3) is 16.8 Å². The van der Waals surface area contributed by atoms with Crippen LogP contribution in [-0.2, 0) is 30.4 Å². The minimum Gasteiger partial charge on any atom is -0.375 e. The number of hydrogen-bond acceptors (Lipinski definition) is 10. The molecule has 0 saturated carbocycles. The molecule has 0 aromatic heterocycles. The molecule has 0 spiro atoms. The van der Waals surface area contributed by atoms with Gasteiger partial charge in [0.2, 0.25) is 0 Å². The van der Waals surface area contributed by atoms with Crippen LogP contribution in [0.2, 0.25) is 0 Å². The predicted octanol–water partition coefficient (Wildman–Crippen LogP) is 6.09. The molecule has 0 fully saturated rings. The third-order valence-corrected chi connectivity index (χ3v) is 16.3. The van der Waals surface area contributed by atoms with Crippen LogP contribution in [-0.4, -0.2) is 131 Å². The summed E-state index contributed by atoms with van der Waals surface area (Å²) < 4.78 is 274. The van der Waals surface area contributed by atoms with Gasteiger partial charge in [-0.1, -0.05) is 18.2 Å². The van der Waals surface area contributed by atoms with Crippen molar-refractivity contribution in [3.8, 4) is 0 Å². The number of halogens is 18. The van der Waals surface area contributed by atoms with E-state index in [0.717, 1.165) is 0 Å². The van der Waals surface area contributed by atoms with Crippen LogP contribution < -0.4 is 0 Å². The number of alkyl halides is 18. The molecule has 31 heteroatoms. The zero-order valence-electron chi connectivity index (χ0n) is 27.6. The fraction of sp³-hybridized carbons (Fsp3) is 0.739. The first-order valence-electron chi connectivity index (χ1n) is 13.6. The lowest BCUT2D eigenvalue weighted by molar-refractivity contribution is -0.367.